The number of carbonyl (C=O) groups is 1. The van der Waals surface area contributed by atoms with Crippen molar-refractivity contribution in [3.8, 4) is 0 Å². The van der Waals surface area contributed by atoms with Gasteiger partial charge in [-0.3, -0.25) is 4.79 Å². The van der Waals surface area contributed by atoms with Crippen LogP contribution >= 0.6 is 11.3 Å². The molecule has 1 atom stereocenters. The van der Waals surface area contributed by atoms with Crippen molar-refractivity contribution >= 4 is 32.6 Å². The van der Waals surface area contributed by atoms with Crippen molar-refractivity contribution in [2.24, 2.45) is 0 Å². The molecule has 1 aliphatic heterocycles. The summed E-state index contributed by atoms with van der Waals surface area (Å²) >= 11 is 1.42. The number of benzene rings is 1. The van der Waals surface area contributed by atoms with Crippen molar-refractivity contribution in [3.05, 3.63) is 23.8 Å². The van der Waals surface area contributed by atoms with E-state index in [4.69, 9.17) is 5.73 Å². The molecule has 1 saturated heterocycles. The van der Waals surface area contributed by atoms with Crippen molar-refractivity contribution in [3.63, 3.8) is 0 Å². The summed E-state index contributed by atoms with van der Waals surface area (Å²) in [6.07, 6.45) is 2.21. The summed E-state index contributed by atoms with van der Waals surface area (Å²) in [4.78, 5) is 21.1. The zero-order valence-electron chi connectivity index (χ0n) is 12.4. The van der Waals surface area contributed by atoms with E-state index in [0.717, 1.165) is 41.7 Å². The van der Waals surface area contributed by atoms with Gasteiger partial charge in [-0.05, 0) is 45.1 Å². The summed E-state index contributed by atoms with van der Waals surface area (Å²) in [5, 5.41) is 0.542. The fraction of sp³-hybridized carbons (Fsp3) is 0.467. The molecule has 5 nitrogen and oxygen atoms in total. The smallest absolute Gasteiger partial charge is 0.253 e. The van der Waals surface area contributed by atoms with Crippen LogP contribution in [0.2, 0.25) is 0 Å². The van der Waals surface area contributed by atoms with Gasteiger partial charge in [-0.1, -0.05) is 11.3 Å². The highest BCUT2D eigenvalue weighted by atomic mass is 32.1. The average Bonchev–Trinajstić information content (AvgIpc) is 2.85. The zero-order valence-corrected chi connectivity index (χ0v) is 13.2. The number of carbonyl (C=O) groups excluding carboxylic acids is 1. The maximum Gasteiger partial charge on any atom is 0.253 e. The lowest BCUT2D eigenvalue weighted by Gasteiger charge is -2.36. The standard InChI is InChI=1S/C15H20N4OS/c1-18(2)11-4-3-7-19(9-11)14(20)10-5-6-12-13(8-10)21-15(16)17-12/h5-6,8,11H,3-4,7,9H2,1-2H3,(H2,16,17). The van der Waals surface area contributed by atoms with Crippen LogP contribution in [0.3, 0.4) is 0 Å². The van der Waals surface area contributed by atoms with Gasteiger partial charge in [-0.25, -0.2) is 4.98 Å². The third-order valence-electron chi connectivity index (χ3n) is 4.07. The lowest BCUT2D eigenvalue weighted by molar-refractivity contribution is 0.0635. The average molecular weight is 304 g/mol. The maximum atomic E-state index is 12.7. The molecule has 0 radical (unpaired) electrons. The van der Waals surface area contributed by atoms with Crippen LogP contribution in [-0.2, 0) is 0 Å². The molecule has 2 N–H and O–H groups in total. The van der Waals surface area contributed by atoms with E-state index in [1.807, 2.05) is 23.1 Å². The molecule has 6 heteroatoms. The number of amides is 1. The van der Waals surface area contributed by atoms with Gasteiger partial charge >= 0.3 is 0 Å². The largest absolute Gasteiger partial charge is 0.375 e. The first kappa shape index (κ1) is 14.3. The Kier molecular flexibility index (Phi) is 3.82. The first-order valence-electron chi connectivity index (χ1n) is 7.16. The van der Waals surface area contributed by atoms with E-state index in [1.54, 1.807) is 0 Å². The second kappa shape index (κ2) is 5.61. The van der Waals surface area contributed by atoms with Crippen molar-refractivity contribution in [1.29, 1.82) is 0 Å². The maximum absolute atomic E-state index is 12.7. The summed E-state index contributed by atoms with van der Waals surface area (Å²) in [6, 6.07) is 6.09. The monoisotopic (exact) mass is 304 g/mol. The molecule has 1 aromatic heterocycles. The number of nitrogens with two attached hydrogens (primary N) is 1. The molecular formula is C15H20N4OS. The summed E-state index contributed by atoms with van der Waals surface area (Å²) < 4.78 is 0.972. The van der Waals surface area contributed by atoms with Gasteiger partial charge in [-0.15, -0.1) is 0 Å². The normalized spacial score (nSPS) is 19.4. The number of fused-ring (bicyclic) bond motifs is 1. The number of rotatable bonds is 2. The number of likely N-dealkylation sites (N-methyl/N-ethyl adjacent to an activating group) is 1. The highest BCUT2D eigenvalue weighted by molar-refractivity contribution is 7.22. The van der Waals surface area contributed by atoms with Gasteiger partial charge in [-0.2, -0.15) is 0 Å². The minimum Gasteiger partial charge on any atom is -0.375 e. The van der Waals surface area contributed by atoms with Gasteiger partial charge in [0.05, 0.1) is 10.2 Å². The number of nitrogen functional groups attached to an aromatic ring is 1. The fourth-order valence-corrected chi connectivity index (χ4v) is 3.59. The van der Waals surface area contributed by atoms with Crippen molar-refractivity contribution < 1.29 is 4.79 Å². The zero-order chi connectivity index (χ0) is 15.0. The molecule has 2 heterocycles. The van der Waals surface area contributed by atoms with E-state index in [1.165, 1.54) is 11.3 Å². The minimum absolute atomic E-state index is 0.107. The third-order valence-corrected chi connectivity index (χ3v) is 4.91. The molecular weight excluding hydrogens is 284 g/mol. The van der Waals surface area contributed by atoms with Crippen LogP contribution in [0.15, 0.2) is 18.2 Å². The Morgan fingerprint density at radius 3 is 3.05 bits per heavy atom. The summed E-state index contributed by atoms with van der Waals surface area (Å²) in [7, 11) is 4.15. The fourth-order valence-electron chi connectivity index (χ4n) is 2.82. The van der Waals surface area contributed by atoms with Crippen LogP contribution < -0.4 is 5.73 Å². The number of anilines is 1. The minimum atomic E-state index is 0.107. The number of aromatic nitrogens is 1. The van der Waals surface area contributed by atoms with Gasteiger partial charge in [0, 0.05) is 24.7 Å². The van der Waals surface area contributed by atoms with E-state index in [-0.39, 0.29) is 5.91 Å². The predicted octanol–water partition coefficient (Wildman–Crippen LogP) is 2.04. The van der Waals surface area contributed by atoms with Crippen LogP contribution in [-0.4, -0.2) is 53.9 Å². The lowest BCUT2D eigenvalue weighted by atomic mass is 10.0. The highest BCUT2D eigenvalue weighted by Gasteiger charge is 2.25. The Balaban J connectivity index is 1.82. The summed E-state index contributed by atoms with van der Waals surface area (Å²) in [6.45, 7) is 1.64. The Labute approximate surface area is 128 Å². The molecule has 0 spiro atoms. The quantitative estimate of drug-likeness (QED) is 0.922. The van der Waals surface area contributed by atoms with Gasteiger partial charge in [0.15, 0.2) is 5.13 Å². The van der Waals surface area contributed by atoms with Gasteiger partial charge < -0.3 is 15.5 Å². The number of hydrogen-bond donors (Lipinski definition) is 1. The van der Waals surface area contributed by atoms with Crippen molar-refractivity contribution in [2.75, 3.05) is 32.9 Å². The number of likely N-dealkylation sites (tertiary alicyclic amines) is 1. The van der Waals surface area contributed by atoms with Crippen LogP contribution in [0.25, 0.3) is 10.2 Å². The Morgan fingerprint density at radius 2 is 2.29 bits per heavy atom. The summed E-state index contributed by atoms with van der Waals surface area (Å²) in [5.74, 6) is 0.107. The first-order chi connectivity index (χ1) is 10.0. The number of hydrogen-bond acceptors (Lipinski definition) is 5. The van der Waals surface area contributed by atoms with E-state index in [0.29, 0.717) is 11.2 Å². The van der Waals surface area contributed by atoms with Crippen molar-refractivity contribution in [1.82, 2.24) is 14.8 Å². The molecule has 1 amide bonds. The topological polar surface area (TPSA) is 62.5 Å². The second-order valence-corrected chi connectivity index (χ2v) is 6.81. The Bertz CT molecular complexity index is 667. The van der Waals surface area contributed by atoms with E-state index in [2.05, 4.69) is 24.0 Å². The van der Waals surface area contributed by atoms with Crippen LogP contribution in [0.4, 0.5) is 5.13 Å². The molecule has 1 aromatic carbocycles. The predicted molar refractivity (Wildman–Crippen MR) is 86.6 cm³/mol. The Hall–Kier alpha value is -1.66. The van der Waals surface area contributed by atoms with Gasteiger partial charge in [0.1, 0.15) is 0 Å². The third kappa shape index (κ3) is 2.87. The van der Waals surface area contributed by atoms with E-state index in [9.17, 15) is 4.79 Å². The van der Waals surface area contributed by atoms with Crippen LogP contribution in [0, 0.1) is 0 Å². The molecule has 112 valence electrons. The highest BCUT2D eigenvalue weighted by Crippen LogP contribution is 2.25. The van der Waals surface area contributed by atoms with Gasteiger partial charge in [0.25, 0.3) is 5.91 Å². The molecule has 0 saturated carbocycles. The molecule has 1 unspecified atom stereocenters. The summed E-state index contributed by atoms with van der Waals surface area (Å²) in [5.41, 5.74) is 7.31. The van der Waals surface area contributed by atoms with Crippen LogP contribution in [0.1, 0.15) is 23.2 Å². The molecule has 3 rings (SSSR count). The number of piperidine rings is 1. The SMILES string of the molecule is CN(C)C1CCCN(C(=O)c2ccc3nc(N)sc3c2)C1. The number of nitrogens with zero attached hydrogens (tertiary/aromatic N) is 3. The molecule has 0 aliphatic carbocycles. The molecule has 1 aliphatic rings. The van der Waals surface area contributed by atoms with Crippen LogP contribution in [0.5, 0.6) is 0 Å². The molecule has 21 heavy (non-hydrogen) atoms. The van der Waals surface area contributed by atoms with Gasteiger partial charge in [0.2, 0.25) is 0 Å². The Morgan fingerprint density at radius 1 is 1.48 bits per heavy atom. The molecule has 2 aromatic rings. The molecule has 1 fully saturated rings. The molecule has 0 bridgehead atoms. The number of thiazole rings is 1. The van der Waals surface area contributed by atoms with E-state index < -0.39 is 0 Å². The first-order valence-corrected chi connectivity index (χ1v) is 7.98. The van der Waals surface area contributed by atoms with E-state index >= 15 is 0 Å². The van der Waals surface area contributed by atoms with Crippen molar-refractivity contribution in [2.45, 2.75) is 18.9 Å². The lowest BCUT2D eigenvalue weighted by Crippen LogP contribution is -2.47. The second-order valence-electron chi connectivity index (χ2n) is 5.75.